The average Bonchev–Trinajstić information content (AvgIpc) is 2.36. The van der Waals surface area contributed by atoms with Crippen molar-refractivity contribution in [2.24, 2.45) is 0 Å². The lowest BCUT2D eigenvalue weighted by atomic mass is 9.79. The number of benzene rings is 1. The third-order valence-electron chi connectivity index (χ3n) is 4.05. The molecule has 21 heavy (non-hydrogen) atoms. The number of hydrogen-bond acceptors (Lipinski definition) is 2. The van der Waals surface area contributed by atoms with Crippen LogP contribution in [0.5, 0.6) is 0 Å². The van der Waals surface area contributed by atoms with Crippen molar-refractivity contribution in [1.82, 2.24) is 5.32 Å². The fourth-order valence-electron chi connectivity index (χ4n) is 2.64. The van der Waals surface area contributed by atoms with E-state index in [0.717, 1.165) is 5.56 Å². The highest BCUT2D eigenvalue weighted by atomic mass is 19.4. The zero-order valence-corrected chi connectivity index (χ0v) is 12.2. The number of hydrogen-bond donors (Lipinski definition) is 1. The maximum absolute atomic E-state index is 12.0. The first-order chi connectivity index (χ1) is 9.99. The minimum Gasteiger partial charge on any atom is -0.372 e. The fraction of sp³-hybridized carbons (Fsp3) is 0.625. The van der Waals surface area contributed by atoms with E-state index in [1.807, 2.05) is 19.2 Å². The Balaban J connectivity index is 1.88. The summed E-state index contributed by atoms with van der Waals surface area (Å²) in [6.07, 6.45) is 0.0420. The van der Waals surface area contributed by atoms with Crippen LogP contribution in [0.25, 0.3) is 0 Å². The highest BCUT2D eigenvalue weighted by Crippen LogP contribution is 2.37. The third-order valence-corrected chi connectivity index (χ3v) is 4.05. The van der Waals surface area contributed by atoms with Gasteiger partial charge in [-0.15, -0.1) is 0 Å². The topological polar surface area (TPSA) is 21.3 Å². The van der Waals surface area contributed by atoms with E-state index in [1.165, 1.54) is 24.8 Å². The molecule has 0 amide bonds. The van der Waals surface area contributed by atoms with E-state index in [4.69, 9.17) is 4.74 Å². The van der Waals surface area contributed by atoms with Crippen molar-refractivity contribution in [3.8, 4) is 0 Å². The highest BCUT2D eigenvalue weighted by Gasteiger charge is 2.27. The SMILES string of the molecule is CNC(CCOCC(F)(F)F)c1cccc(C2CCC2)c1. The molecule has 2 rings (SSSR count). The lowest BCUT2D eigenvalue weighted by Crippen LogP contribution is -2.22. The largest absolute Gasteiger partial charge is 0.411 e. The number of rotatable bonds is 7. The van der Waals surface area contributed by atoms with Gasteiger partial charge in [-0.3, -0.25) is 0 Å². The van der Waals surface area contributed by atoms with Gasteiger partial charge in [0.1, 0.15) is 6.61 Å². The Hall–Kier alpha value is -1.07. The van der Waals surface area contributed by atoms with Crippen molar-refractivity contribution in [2.75, 3.05) is 20.3 Å². The van der Waals surface area contributed by atoms with Crippen molar-refractivity contribution in [3.05, 3.63) is 35.4 Å². The Morgan fingerprint density at radius 3 is 2.67 bits per heavy atom. The van der Waals surface area contributed by atoms with Crippen molar-refractivity contribution in [1.29, 1.82) is 0 Å². The molecule has 0 radical (unpaired) electrons. The average molecular weight is 301 g/mol. The standard InChI is InChI=1S/C16H22F3NO/c1-20-15(8-9-21-11-16(17,18)19)14-7-3-6-13(10-14)12-4-2-5-12/h3,6-7,10,12,15,20H,2,4-5,8-9,11H2,1H3. The van der Waals surface area contributed by atoms with Crippen LogP contribution in [0.3, 0.4) is 0 Å². The Morgan fingerprint density at radius 1 is 1.33 bits per heavy atom. The molecular weight excluding hydrogens is 279 g/mol. The monoisotopic (exact) mass is 301 g/mol. The fourth-order valence-corrected chi connectivity index (χ4v) is 2.64. The van der Waals surface area contributed by atoms with E-state index in [0.29, 0.717) is 12.3 Å². The molecule has 1 aromatic rings. The van der Waals surface area contributed by atoms with Gasteiger partial charge in [-0.2, -0.15) is 13.2 Å². The van der Waals surface area contributed by atoms with Gasteiger partial charge in [-0.25, -0.2) is 0 Å². The van der Waals surface area contributed by atoms with Gasteiger partial charge in [0.05, 0.1) is 0 Å². The first-order valence-electron chi connectivity index (χ1n) is 7.41. The highest BCUT2D eigenvalue weighted by molar-refractivity contribution is 5.29. The van der Waals surface area contributed by atoms with Gasteiger partial charge in [0.2, 0.25) is 0 Å². The molecule has 5 heteroatoms. The van der Waals surface area contributed by atoms with E-state index in [1.54, 1.807) is 0 Å². The predicted octanol–water partition coefficient (Wildman–Crippen LogP) is 4.18. The van der Waals surface area contributed by atoms with Crippen molar-refractivity contribution < 1.29 is 17.9 Å². The Bertz CT molecular complexity index is 443. The van der Waals surface area contributed by atoms with Crippen LogP contribution in [0.4, 0.5) is 13.2 Å². The molecule has 1 aliphatic rings. The van der Waals surface area contributed by atoms with Gasteiger partial charge in [-0.1, -0.05) is 30.7 Å². The molecular formula is C16H22F3NO. The van der Waals surface area contributed by atoms with Crippen LogP contribution in [0.15, 0.2) is 24.3 Å². The molecule has 1 atom stereocenters. The summed E-state index contributed by atoms with van der Waals surface area (Å²) < 4.78 is 40.8. The van der Waals surface area contributed by atoms with Crippen LogP contribution in [-0.2, 0) is 4.74 Å². The quantitative estimate of drug-likeness (QED) is 0.763. The second-order valence-corrected chi connectivity index (χ2v) is 5.60. The van der Waals surface area contributed by atoms with Gasteiger partial charge in [0.25, 0.3) is 0 Å². The van der Waals surface area contributed by atoms with E-state index in [2.05, 4.69) is 17.4 Å². The Morgan fingerprint density at radius 2 is 2.10 bits per heavy atom. The van der Waals surface area contributed by atoms with Gasteiger partial charge >= 0.3 is 6.18 Å². The molecule has 2 nitrogen and oxygen atoms in total. The van der Waals surface area contributed by atoms with E-state index >= 15 is 0 Å². The molecule has 0 aromatic heterocycles. The molecule has 1 aromatic carbocycles. The van der Waals surface area contributed by atoms with Gasteiger partial charge in [-0.05, 0) is 43.4 Å². The summed E-state index contributed by atoms with van der Waals surface area (Å²) in [5.74, 6) is 0.656. The second-order valence-electron chi connectivity index (χ2n) is 5.60. The summed E-state index contributed by atoms with van der Waals surface area (Å²) >= 11 is 0. The molecule has 0 heterocycles. The first kappa shape index (κ1) is 16.3. The minimum atomic E-state index is -4.25. The summed E-state index contributed by atoms with van der Waals surface area (Å²) in [5.41, 5.74) is 2.47. The summed E-state index contributed by atoms with van der Waals surface area (Å²) in [7, 11) is 1.82. The maximum atomic E-state index is 12.0. The molecule has 1 aliphatic carbocycles. The Kier molecular flexibility index (Phi) is 5.65. The zero-order valence-electron chi connectivity index (χ0n) is 12.2. The summed E-state index contributed by atoms with van der Waals surface area (Å²) in [5, 5.41) is 3.16. The van der Waals surface area contributed by atoms with Crippen LogP contribution >= 0.6 is 0 Å². The zero-order chi connectivity index (χ0) is 15.3. The molecule has 118 valence electrons. The van der Waals surface area contributed by atoms with E-state index < -0.39 is 12.8 Å². The van der Waals surface area contributed by atoms with Crippen LogP contribution in [0.2, 0.25) is 0 Å². The van der Waals surface area contributed by atoms with Crippen molar-refractivity contribution in [3.63, 3.8) is 0 Å². The van der Waals surface area contributed by atoms with Gasteiger partial charge < -0.3 is 10.1 Å². The van der Waals surface area contributed by atoms with Gasteiger partial charge in [0, 0.05) is 12.6 Å². The molecule has 1 N–H and O–H groups in total. The predicted molar refractivity (Wildman–Crippen MR) is 76.3 cm³/mol. The first-order valence-corrected chi connectivity index (χ1v) is 7.41. The second kappa shape index (κ2) is 7.27. The van der Waals surface area contributed by atoms with Crippen LogP contribution in [0.1, 0.15) is 48.8 Å². The summed E-state index contributed by atoms with van der Waals surface area (Å²) in [4.78, 5) is 0. The number of halogens is 3. The molecule has 1 fully saturated rings. The van der Waals surface area contributed by atoms with Crippen molar-refractivity contribution in [2.45, 2.75) is 43.8 Å². The normalized spacial score (nSPS) is 17.5. The van der Waals surface area contributed by atoms with E-state index in [-0.39, 0.29) is 12.6 Å². The van der Waals surface area contributed by atoms with Crippen LogP contribution in [-0.4, -0.2) is 26.4 Å². The lowest BCUT2D eigenvalue weighted by Gasteiger charge is -2.27. The summed E-state index contributed by atoms with van der Waals surface area (Å²) in [6, 6.07) is 8.39. The Labute approximate surface area is 123 Å². The number of ether oxygens (including phenoxy) is 1. The molecule has 0 aliphatic heterocycles. The third kappa shape index (κ3) is 5.00. The molecule has 0 saturated heterocycles. The number of alkyl halides is 3. The van der Waals surface area contributed by atoms with Gasteiger partial charge in [0.15, 0.2) is 0 Å². The molecule has 0 spiro atoms. The smallest absolute Gasteiger partial charge is 0.372 e. The summed E-state index contributed by atoms with van der Waals surface area (Å²) in [6.45, 7) is -1.08. The molecule has 0 bridgehead atoms. The molecule has 1 saturated carbocycles. The van der Waals surface area contributed by atoms with Crippen LogP contribution < -0.4 is 5.32 Å². The van der Waals surface area contributed by atoms with Crippen LogP contribution in [0, 0.1) is 0 Å². The van der Waals surface area contributed by atoms with Crippen molar-refractivity contribution >= 4 is 0 Å². The lowest BCUT2D eigenvalue weighted by molar-refractivity contribution is -0.174. The molecule has 1 unspecified atom stereocenters. The minimum absolute atomic E-state index is 0.0262. The van der Waals surface area contributed by atoms with E-state index in [9.17, 15) is 13.2 Å². The number of nitrogens with one attached hydrogen (secondary N) is 1. The maximum Gasteiger partial charge on any atom is 0.411 e.